The van der Waals surface area contributed by atoms with Gasteiger partial charge in [0.2, 0.25) is 0 Å². The van der Waals surface area contributed by atoms with E-state index in [1.165, 1.54) is 18.9 Å². The van der Waals surface area contributed by atoms with Crippen LogP contribution in [0.25, 0.3) is 0 Å². The molecule has 0 aliphatic heterocycles. The number of halogens is 1. The van der Waals surface area contributed by atoms with E-state index in [0.29, 0.717) is 11.9 Å². The van der Waals surface area contributed by atoms with Gasteiger partial charge >= 0.3 is 0 Å². The van der Waals surface area contributed by atoms with Crippen LogP contribution in [0.2, 0.25) is 0 Å². The van der Waals surface area contributed by atoms with Crippen LogP contribution in [0, 0.1) is 11.2 Å². The van der Waals surface area contributed by atoms with Crippen LogP contribution in [0.15, 0.2) is 18.3 Å². The maximum Gasteiger partial charge on any atom is 0.165 e. The third-order valence-corrected chi connectivity index (χ3v) is 3.33. The Kier molecular flexibility index (Phi) is 2.63. The van der Waals surface area contributed by atoms with Gasteiger partial charge in [-0.2, -0.15) is 0 Å². The van der Waals surface area contributed by atoms with Crippen molar-refractivity contribution in [1.29, 1.82) is 0 Å². The smallest absolute Gasteiger partial charge is 0.165 e. The minimum atomic E-state index is -0.264. The van der Waals surface area contributed by atoms with E-state index in [9.17, 15) is 4.39 Å². The molecular weight excluding hydrogens is 191 g/mol. The Morgan fingerprint density at radius 2 is 2.33 bits per heavy atom. The van der Waals surface area contributed by atoms with Crippen molar-refractivity contribution in [3.05, 3.63) is 24.1 Å². The molecule has 0 spiro atoms. The van der Waals surface area contributed by atoms with Crippen LogP contribution in [0.4, 0.5) is 10.2 Å². The van der Waals surface area contributed by atoms with Crippen molar-refractivity contribution in [2.75, 3.05) is 5.32 Å². The average Bonchev–Trinajstić information content (AvgIpc) is 2.50. The second-order valence-electron chi connectivity index (χ2n) is 4.91. The maximum absolute atomic E-state index is 13.4. The summed E-state index contributed by atoms with van der Waals surface area (Å²) in [5.74, 6) is 0.123. The standard InChI is InChI=1S/C12H17FN2/c1-12(2)7-3-6-10(12)15-11-9(13)5-4-8-14-11/h4-5,8,10H,3,6-7H2,1-2H3,(H,14,15). The van der Waals surface area contributed by atoms with Crippen LogP contribution in [0.5, 0.6) is 0 Å². The zero-order valence-electron chi connectivity index (χ0n) is 9.26. The summed E-state index contributed by atoms with van der Waals surface area (Å²) in [6.07, 6.45) is 5.12. The molecule has 2 rings (SSSR count). The molecule has 2 nitrogen and oxygen atoms in total. The van der Waals surface area contributed by atoms with Crippen LogP contribution in [0.3, 0.4) is 0 Å². The van der Waals surface area contributed by atoms with Gasteiger partial charge in [-0.3, -0.25) is 0 Å². The lowest BCUT2D eigenvalue weighted by Gasteiger charge is -2.28. The predicted molar refractivity (Wildman–Crippen MR) is 59.2 cm³/mol. The fraction of sp³-hybridized carbons (Fsp3) is 0.583. The highest BCUT2D eigenvalue weighted by Crippen LogP contribution is 2.38. The molecule has 15 heavy (non-hydrogen) atoms. The molecule has 1 N–H and O–H groups in total. The molecule has 1 aliphatic carbocycles. The van der Waals surface area contributed by atoms with Crippen molar-refractivity contribution in [3.63, 3.8) is 0 Å². The molecule has 1 aromatic rings. The molecule has 0 saturated heterocycles. The first kappa shape index (κ1) is 10.4. The van der Waals surface area contributed by atoms with Crippen LogP contribution in [0.1, 0.15) is 33.1 Å². The molecule has 0 bridgehead atoms. The molecule has 1 atom stereocenters. The van der Waals surface area contributed by atoms with E-state index in [0.717, 1.165) is 6.42 Å². The Morgan fingerprint density at radius 3 is 2.93 bits per heavy atom. The molecule has 1 saturated carbocycles. The molecule has 1 aromatic heterocycles. The number of anilines is 1. The normalized spacial score (nSPS) is 24.1. The SMILES string of the molecule is CC1(C)CCCC1Nc1ncccc1F. The van der Waals surface area contributed by atoms with E-state index in [1.807, 2.05) is 0 Å². The number of rotatable bonds is 2. The van der Waals surface area contributed by atoms with E-state index in [-0.39, 0.29) is 11.2 Å². The summed E-state index contributed by atoms with van der Waals surface area (Å²) in [5.41, 5.74) is 0.240. The largest absolute Gasteiger partial charge is 0.364 e. The molecule has 0 amide bonds. The third kappa shape index (κ3) is 2.11. The highest BCUT2D eigenvalue weighted by atomic mass is 19.1. The summed E-state index contributed by atoms with van der Waals surface area (Å²) >= 11 is 0. The molecule has 1 fully saturated rings. The van der Waals surface area contributed by atoms with E-state index in [1.54, 1.807) is 12.3 Å². The van der Waals surface area contributed by atoms with Gasteiger partial charge in [0.25, 0.3) is 0 Å². The fourth-order valence-corrected chi connectivity index (χ4v) is 2.25. The van der Waals surface area contributed by atoms with Crippen LogP contribution in [-0.4, -0.2) is 11.0 Å². The lowest BCUT2D eigenvalue weighted by atomic mass is 9.87. The summed E-state index contributed by atoms with van der Waals surface area (Å²) in [7, 11) is 0. The maximum atomic E-state index is 13.4. The Hall–Kier alpha value is -1.12. The Morgan fingerprint density at radius 1 is 1.53 bits per heavy atom. The summed E-state index contributed by atoms with van der Waals surface area (Å²) in [6.45, 7) is 4.44. The van der Waals surface area contributed by atoms with Crippen molar-refractivity contribution in [2.24, 2.45) is 5.41 Å². The zero-order chi connectivity index (χ0) is 10.9. The first-order chi connectivity index (χ1) is 7.09. The molecule has 0 radical (unpaired) electrons. The number of hydrogen-bond acceptors (Lipinski definition) is 2. The highest BCUT2D eigenvalue weighted by molar-refractivity contribution is 5.37. The number of nitrogens with one attached hydrogen (secondary N) is 1. The number of nitrogens with zero attached hydrogens (tertiary/aromatic N) is 1. The van der Waals surface area contributed by atoms with Crippen molar-refractivity contribution in [1.82, 2.24) is 4.98 Å². The Bertz CT molecular complexity index is 349. The number of aromatic nitrogens is 1. The molecule has 1 aliphatic rings. The van der Waals surface area contributed by atoms with Gasteiger partial charge in [0.15, 0.2) is 11.6 Å². The lowest BCUT2D eigenvalue weighted by molar-refractivity contribution is 0.348. The topological polar surface area (TPSA) is 24.9 Å². The van der Waals surface area contributed by atoms with Crippen molar-refractivity contribution in [3.8, 4) is 0 Å². The van der Waals surface area contributed by atoms with E-state index < -0.39 is 0 Å². The summed E-state index contributed by atoms with van der Waals surface area (Å²) in [5, 5.41) is 3.21. The summed E-state index contributed by atoms with van der Waals surface area (Å²) in [6, 6.07) is 3.39. The van der Waals surface area contributed by atoms with Gasteiger partial charge in [0.1, 0.15) is 0 Å². The predicted octanol–water partition coefficient (Wildman–Crippen LogP) is 3.21. The van der Waals surface area contributed by atoms with Gasteiger partial charge in [0.05, 0.1) is 0 Å². The first-order valence-corrected chi connectivity index (χ1v) is 5.47. The van der Waals surface area contributed by atoms with E-state index in [2.05, 4.69) is 24.1 Å². The molecule has 0 aromatic carbocycles. The van der Waals surface area contributed by atoms with E-state index in [4.69, 9.17) is 0 Å². The van der Waals surface area contributed by atoms with Crippen LogP contribution >= 0.6 is 0 Å². The molecular formula is C12H17FN2. The lowest BCUT2D eigenvalue weighted by Crippen LogP contribution is -2.31. The minimum absolute atomic E-state index is 0.240. The van der Waals surface area contributed by atoms with Gasteiger partial charge in [0, 0.05) is 12.2 Å². The average molecular weight is 208 g/mol. The number of hydrogen-bond donors (Lipinski definition) is 1. The highest BCUT2D eigenvalue weighted by Gasteiger charge is 2.34. The summed E-state index contributed by atoms with van der Waals surface area (Å²) < 4.78 is 13.4. The van der Waals surface area contributed by atoms with Crippen LogP contribution in [-0.2, 0) is 0 Å². The molecule has 1 unspecified atom stereocenters. The van der Waals surface area contributed by atoms with Crippen molar-refractivity contribution >= 4 is 5.82 Å². The van der Waals surface area contributed by atoms with Crippen molar-refractivity contribution in [2.45, 2.75) is 39.2 Å². The Labute approximate surface area is 89.9 Å². The Balaban J connectivity index is 2.12. The quantitative estimate of drug-likeness (QED) is 0.807. The minimum Gasteiger partial charge on any atom is -0.364 e. The molecule has 3 heteroatoms. The first-order valence-electron chi connectivity index (χ1n) is 5.47. The van der Waals surface area contributed by atoms with Gasteiger partial charge in [-0.15, -0.1) is 0 Å². The monoisotopic (exact) mass is 208 g/mol. The number of pyridine rings is 1. The van der Waals surface area contributed by atoms with Crippen LogP contribution < -0.4 is 5.32 Å². The van der Waals surface area contributed by atoms with Gasteiger partial charge in [-0.1, -0.05) is 20.3 Å². The van der Waals surface area contributed by atoms with E-state index >= 15 is 0 Å². The molecule has 1 heterocycles. The fourth-order valence-electron chi connectivity index (χ4n) is 2.25. The van der Waals surface area contributed by atoms with Crippen molar-refractivity contribution < 1.29 is 4.39 Å². The second kappa shape index (κ2) is 3.80. The van der Waals surface area contributed by atoms with Gasteiger partial charge < -0.3 is 5.32 Å². The van der Waals surface area contributed by atoms with Gasteiger partial charge in [-0.05, 0) is 30.4 Å². The summed E-state index contributed by atoms with van der Waals surface area (Å²) in [4.78, 5) is 4.02. The zero-order valence-corrected chi connectivity index (χ0v) is 9.26. The van der Waals surface area contributed by atoms with Gasteiger partial charge in [-0.25, -0.2) is 9.37 Å². The third-order valence-electron chi connectivity index (χ3n) is 3.33. The second-order valence-corrected chi connectivity index (χ2v) is 4.91. The molecule has 82 valence electrons.